The zero-order valence-corrected chi connectivity index (χ0v) is 27.1. The molecule has 1 aliphatic rings. The van der Waals surface area contributed by atoms with Gasteiger partial charge in [-0.25, -0.2) is 0 Å². The van der Waals surface area contributed by atoms with E-state index in [2.05, 4.69) is 6.92 Å². The quantitative estimate of drug-likeness (QED) is 0.0577. The number of benzene rings is 2. The summed E-state index contributed by atoms with van der Waals surface area (Å²) in [6, 6.07) is 6.12. The number of Topliss-reactive ketones (excluding diaryl/α,β-unsaturated/α-hetero) is 1. The second-order valence-electron chi connectivity index (χ2n) is 12.5. The van der Waals surface area contributed by atoms with Gasteiger partial charge in [-0.05, 0) is 18.6 Å². The fourth-order valence-electron chi connectivity index (χ4n) is 6.03. The summed E-state index contributed by atoms with van der Waals surface area (Å²) in [6.45, 7) is 2.27. The van der Waals surface area contributed by atoms with Crippen molar-refractivity contribution in [2.24, 2.45) is 0 Å². The Morgan fingerprint density at radius 1 is 0.667 bits per heavy atom. The molecule has 0 amide bonds. The van der Waals surface area contributed by atoms with Gasteiger partial charge in [-0.3, -0.25) is 9.59 Å². The predicted octanol–water partition coefficient (Wildman–Crippen LogP) is 9.56. The van der Waals surface area contributed by atoms with E-state index in [0.717, 1.165) is 25.3 Å². The fraction of sp³-hybridized carbons (Fsp3) is 0.622. The number of carbonyl (C=O) groups is 2. The van der Waals surface area contributed by atoms with Crippen LogP contribution in [0.2, 0.25) is 0 Å². The molecule has 0 radical (unpaired) electrons. The zero-order chi connectivity index (χ0) is 32.4. The largest absolute Gasteiger partial charge is 0.508 e. The summed E-state index contributed by atoms with van der Waals surface area (Å²) in [5.74, 6) is -2.86. The lowest BCUT2D eigenvalue weighted by molar-refractivity contribution is -0.151. The Kier molecular flexibility index (Phi) is 15.9. The minimum Gasteiger partial charge on any atom is -0.508 e. The van der Waals surface area contributed by atoms with E-state index in [1.807, 2.05) is 0 Å². The molecule has 3 rings (SSSR count). The van der Waals surface area contributed by atoms with Gasteiger partial charge in [-0.15, -0.1) is 0 Å². The molecule has 0 bridgehead atoms. The average molecular weight is 627 g/mol. The van der Waals surface area contributed by atoms with E-state index in [0.29, 0.717) is 6.42 Å². The number of aromatic hydroxyl groups is 4. The number of unbranched alkanes of at least 4 members (excludes halogenated alkanes) is 18. The van der Waals surface area contributed by atoms with Crippen molar-refractivity contribution in [1.29, 1.82) is 0 Å². The average Bonchev–Trinajstić information content (AvgIpc) is 3.00. The molecule has 8 nitrogen and oxygen atoms in total. The first-order chi connectivity index (χ1) is 21.8. The Balaban J connectivity index is 1.30. The number of esters is 1. The maximum atomic E-state index is 13.4. The van der Waals surface area contributed by atoms with Gasteiger partial charge in [0.05, 0.1) is 0 Å². The molecule has 2 aromatic rings. The van der Waals surface area contributed by atoms with Gasteiger partial charge in [0.15, 0.2) is 17.6 Å². The lowest BCUT2D eigenvalue weighted by Crippen LogP contribution is -2.40. The van der Waals surface area contributed by atoms with Crippen molar-refractivity contribution in [1.82, 2.24) is 0 Å². The number of ketones is 1. The van der Waals surface area contributed by atoms with Crippen LogP contribution < -0.4 is 4.74 Å². The van der Waals surface area contributed by atoms with Gasteiger partial charge in [0.2, 0.25) is 11.9 Å². The Morgan fingerprint density at radius 2 is 1.18 bits per heavy atom. The highest BCUT2D eigenvalue weighted by molar-refractivity contribution is 6.06. The van der Waals surface area contributed by atoms with E-state index >= 15 is 0 Å². The lowest BCUT2D eigenvalue weighted by atomic mass is 9.92. The maximum absolute atomic E-state index is 13.4. The molecule has 45 heavy (non-hydrogen) atoms. The molecule has 250 valence electrons. The maximum Gasteiger partial charge on any atom is 0.306 e. The molecule has 1 heterocycles. The number of rotatable bonds is 22. The van der Waals surface area contributed by atoms with E-state index in [1.54, 1.807) is 0 Å². The van der Waals surface area contributed by atoms with Crippen molar-refractivity contribution < 1.29 is 39.5 Å². The van der Waals surface area contributed by atoms with Crippen molar-refractivity contribution in [2.45, 2.75) is 148 Å². The number of carbonyl (C=O) groups excluding carboxylic acids is 2. The number of fused-ring (bicyclic) bond motifs is 1. The van der Waals surface area contributed by atoms with Crippen LogP contribution in [0.1, 0.15) is 157 Å². The number of ether oxygens (including phenoxy) is 2. The first kappa shape index (κ1) is 36.1. The van der Waals surface area contributed by atoms with Gasteiger partial charge in [-0.1, -0.05) is 129 Å². The molecule has 0 aromatic heterocycles. The van der Waals surface area contributed by atoms with Gasteiger partial charge < -0.3 is 29.9 Å². The molecule has 1 aliphatic heterocycles. The molecule has 0 unspecified atom stereocenters. The third-order valence-corrected chi connectivity index (χ3v) is 8.67. The van der Waals surface area contributed by atoms with Gasteiger partial charge in [-0.2, -0.15) is 0 Å². The smallest absolute Gasteiger partial charge is 0.306 e. The van der Waals surface area contributed by atoms with Crippen LogP contribution in [0.25, 0.3) is 0 Å². The first-order valence-electron chi connectivity index (χ1n) is 17.3. The molecule has 0 saturated heterocycles. The van der Waals surface area contributed by atoms with Gasteiger partial charge >= 0.3 is 5.97 Å². The van der Waals surface area contributed by atoms with E-state index in [-0.39, 0.29) is 34.8 Å². The standard InChI is InChI=1S/C37H54O8/c1-2-3-4-5-6-7-8-9-10-11-12-13-14-15-16-17-18-19-20-21-33(42)45-37-35(43)34-31(41)25-28(38)26-32(34)44-36(37)27-22-23-29(39)30(40)24-27/h22-26,36-41H,2-21H2,1H3/t36-,37+/m1/s1. The topological polar surface area (TPSA) is 134 Å². The SMILES string of the molecule is CCCCCCCCCCCCCCCCCCCCCC(=O)O[C@H]1C(=O)c2c(O)cc(O)cc2O[C@@H]1c1ccc(O)c(O)c1. The van der Waals surface area contributed by atoms with Crippen molar-refractivity contribution >= 4 is 11.8 Å². The summed E-state index contributed by atoms with van der Waals surface area (Å²) in [5.41, 5.74) is 0.0989. The zero-order valence-electron chi connectivity index (χ0n) is 27.1. The van der Waals surface area contributed by atoms with Gasteiger partial charge in [0.25, 0.3) is 0 Å². The summed E-state index contributed by atoms with van der Waals surface area (Å²) in [5, 5.41) is 39.9. The Hall–Kier alpha value is -3.42. The molecule has 0 spiro atoms. The second kappa shape index (κ2) is 19.9. The highest BCUT2D eigenvalue weighted by Gasteiger charge is 2.43. The lowest BCUT2D eigenvalue weighted by Gasteiger charge is -2.32. The van der Waals surface area contributed by atoms with Crippen LogP contribution in [0, 0.1) is 0 Å². The number of phenols is 4. The Morgan fingerprint density at radius 3 is 1.69 bits per heavy atom. The Bertz CT molecular complexity index is 1190. The molecule has 0 saturated carbocycles. The summed E-state index contributed by atoms with van der Waals surface area (Å²) in [7, 11) is 0. The van der Waals surface area contributed by atoms with Crippen LogP contribution >= 0.6 is 0 Å². The van der Waals surface area contributed by atoms with Crippen LogP contribution in [0.4, 0.5) is 0 Å². The minimum absolute atomic E-state index is 0.0684. The monoisotopic (exact) mass is 626 g/mol. The van der Waals surface area contributed by atoms with E-state index in [9.17, 15) is 30.0 Å². The molecule has 0 fully saturated rings. The Labute approximate surface area is 268 Å². The minimum atomic E-state index is -1.41. The van der Waals surface area contributed by atoms with Gasteiger partial charge in [0.1, 0.15) is 22.8 Å². The number of phenolic OH excluding ortho intramolecular Hbond substituents is 4. The van der Waals surface area contributed by atoms with Crippen LogP contribution in [0.3, 0.4) is 0 Å². The molecule has 8 heteroatoms. The molecule has 0 aliphatic carbocycles. The van der Waals surface area contributed by atoms with E-state index in [1.165, 1.54) is 121 Å². The predicted molar refractivity (Wildman–Crippen MR) is 175 cm³/mol. The van der Waals surface area contributed by atoms with Crippen LogP contribution in [0.5, 0.6) is 28.7 Å². The summed E-state index contributed by atoms with van der Waals surface area (Å²) in [6.07, 6.45) is 21.5. The molecule has 4 N–H and O–H groups in total. The van der Waals surface area contributed by atoms with Crippen LogP contribution in [-0.2, 0) is 9.53 Å². The highest BCUT2D eigenvalue weighted by Crippen LogP contribution is 2.44. The van der Waals surface area contributed by atoms with E-state index < -0.39 is 35.5 Å². The second-order valence-corrected chi connectivity index (χ2v) is 12.5. The highest BCUT2D eigenvalue weighted by atomic mass is 16.6. The number of hydrogen-bond donors (Lipinski definition) is 4. The third-order valence-electron chi connectivity index (χ3n) is 8.67. The van der Waals surface area contributed by atoms with Crippen molar-refractivity contribution in [3.63, 3.8) is 0 Å². The normalized spacial score (nSPS) is 15.9. The first-order valence-corrected chi connectivity index (χ1v) is 17.3. The van der Waals surface area contributed by atoms with E-state index in [4.69, 9.17) is 9.47 Å². The van der Waals surface area contributed by atoms with Crippen LogP contribution in [0.15, 0.2) is 30.3 Å². The molecular formula is C37H54O8. The molecule has 2 aromatic carbocycles. The number of hydrogen-bond acceptors (Lipinski definition) is 8. The fourth-order valence-corrected chi connectivity index (χ4v) is 6.03. The van der Waals surface area contributed by atoms with Crippen molar-refractivity contribution in [2.75, 3.05) is 0 Å². The summed E-state index contributed by atoms with van der Waals surface area (Å²) in [4.78, 5) is 26.1. The summed E-state index contributed by atoms with van der Waals surface area (Å²) < 4.78 is 11.5. The van der Waals surface area contributed by atoms with Crippen molar-refractivity contribution in [3.05, 3.63) is 41.5 Å². The third kappa shape index (κ3) is 12.1. The van der Waals surface area contributed by atoms with Crippen molar-refractivity contribution in [3.8, 4) is 28.7 Å². The summed E-state index contributed by atoms with van der Waals surface area (Å²) >= 11 is 0. The molecular weight excluding hydrogens is 572 g/mol. The molecule has 2 atom stereocenters. The van der Waals surface area contributed by atoms with Crippen LogP contribution in [-0.4, -0.2) is 38.3 Å². The van der Waals surface area contributed by atoms with Gasteiger partial charge in [0, 0.05) is 24.1 Å².